The number of benzene rings is 2. The van der Waals surface area contributed by atoms with Crippen molar-refractivity contribution in [1.29, 1.82) is 0 Å². The summed E-state index contributed by atoms with van der Waals surface area (Å²) in [6, 6.07) is 14.8. The smallest absolute Gasteiger partial charge is 0.228 e. The zero-order valence-corrected chi connectivity index (χ0v) is 13.7. The lowest BCUT2D eigenvalue weighted by Gasteiger charge is -2.26. The molecule has 5 heteroatoms. The second-order valence-corrected chi connectivity index (χ2v) is 5.86. The number of ether oxygens (including phenoxy) is 1. The van der Waals surface area contributed by atoms with E-state index in [4.69, 9.17) is 4.74 Å². The Bertz CT molecular complexity index is 773. The second kappa shape index (κ2) is 6.74. The minimum Gasteiger partial charge on any atom is -0.496 e. The number of carbonyl (C=O) groups excluding carboxylic acids is 2. The fourth-order valence-electron chi connectivity index (χ4n) is 3.06. The van der Waals surface area contributed by atoms with E-state index in [9.17, 15) is 9.59 Å². The number of amides is 2. The zero-order valence-electron chi connectivity index (χ0n) is 13.7. The number of hydrogen-bond acceptors (Lipinski definition) is 3. The Balaban J connectivity index is 1.81. The van der Waals surface area contributed by atoms with Gasteiger partial charge in [0.05, 0.1) is 19.1 Å². The number of fused-ring (bicyclic) bond motifs is 1. The van der Waals surface area contributed by atoms with Crippen LogP contribution in [-0.2, 0) is 9.59 Å². The molecule has 2 N–H and O–H groups in total. The monoisotopic (exact) mass is 324 g/mol. The molecule has 2 amide bonds. The van der Waals surface area contributed by atoms with Crippen molar-refractivity contribution >= 4 is 17.5 Å². The summed E-state index contributed by atoms with van der Waals surface area (Å²) in [5.41, 5.74) is 2.46. The summed E-state index contributed by atoms with van der Waals surface area (Å²) in [6.45, 7) is 1.91. The molecule has 0 aromatic heterocycles. The lowest BCUT2D eigenvalue weighted by Crippen LogP contribution is -2.36. The Morgan fingerprint density at radius 1 is 1.21 bits per heavy atom. The van der Waals surface area contributed by atoms with Gasteiger partial charge >= 0.3 is 0 Å². The Labute approximate surface area is 141 Å². The number of methoxy groups -OCH3 is 1. The highest BCUT2D eigenvalue weighted by Gasteiger charge is 2.31. The first-order valence-corrected chi connectivity index (χ1v) is 7.92. The number of anilines is 1. The number of nitrogens with one attached hydrogen (secondary N) is 2. The van der Waals surface area contributed by atoms with Crippen LogP contribution >= 0.6 is 0 Å². The average molecular weight is 324 g/mol. The molecule has 5 nitrogen and oxygen atoms in total. The predicted octanol–water partition coefficient (Wildman–Crippen LogP) is 3.00. The minimum absolute atomic E-state index is 0.140. The van der Waals surface area contributed by atoms with Crippen LogP contribution < -0.4 is 15.4 Å². The van der Waals surface area contributed by atoms with Crippen LogP contribution in [0.15, 0.2) is 48.5 Å². The Morgan fingerprint density at radius 3 is 2.71 bits per heavy atom. The van der Waals surface area contributed by atoms with E-state index in [-0.39, 0.29) is 24.3 Å². The Kier molecular flexibility index (Phi) is 4.51. The standard InChI is InChI=1S/C19H20N2O3/c1-12(13-7-4-6-10-17(13)24-2)20-19(23)15-11-18(22)21-16-9-5-3-8-14(15)16/h3-10,12,15H,11H2,1-2H3,(H,20,23)(H,21,22). The number of hydrogen-bond donors (Lipinski definition) is 2. The van der Waals surface area contributed by atoms with Crippen LogP contribution in [0.2, 0.25) is 0 Å². The van der Waals surface area contributed by atoms with E-state index in [0.717, 1.165) is 16.9 Å². The summed E-state index contributed by atoms with van der Waals surface area (Å²) in [6.07, 6.45) is 0.154. The number of para-hydroxylation sites is 2. The van der Waals surface area contributed by atoms with Gasteiger partial charge in [0.2, 0.25) is 11.8 Å². The highest BCUT2D eigenvalue weighted by molar-refractivity contribution is 6.01. The van der Waals surface area contributed by atoms with Crippen LogP contribution in [0.5, 0.6) is 5.75 Å². The van der Waals surface area contributed by atoms with Gasteiger partial charge in [0.15, 0.2) is 0 Å². The molecule has 0 fully saturated rings. The normalized spacial score (nSPS) is 17.4. The lowest BCUT2D eigenvalue weighted by molar-refractivity contribution is -0.126. The summed E-state index contributed by atoms with van der Waals surface area (Å²) in [5.74, 6) is -0.0475. The molecular formula is C19H20N2O3. The van der Waals surface area contributed by atoms with Crippen molar-refractivity contribution in [2.75, 3.05) is 12.4 Å². The van der Waals surface area contributed by atoms with Crippen LogP contribution in [0.3, 0.4) is 0 Å². The number of carbonyl (C=O) groups is 2. The first-order chi connectivity index (χ1) is 11.6. The van der Waals surface area contributed by atoms with E-state index in [2.05, 4.69) is 10.6 Å². The molecule has 0 bridgehead atoms. The molecule has 1 aliphatic heterocycles. The third-order valence-corrected chi connectivity index (χ3v) is 4.28. The van der Waals surface area contributed by atoms with Gasteiger partial charge in [-0.1, -0.05) is 36.4 Å². The van der Waals surface area contributed by atoms with Crippen molar-refractivity contribution < 1.29 is 14.3 Å². The predicted molar refractivity (Wildman–Crippen MR) is 92.0 cm³/mol. The van der Waals surface area contributed by atoms with Crippen molar-refractivity contribution in [2.45, 2.75) is 25.3 Å². The fraction of sp³-hybridized carbons (Fsp3) is 0.263. The first kappa shape index (κ1) is 16.1. The molecule has 2 unspecified atom stereocenters. The van der Waals surface area contributed by atoms with Crippen molar-refractivity contribution in [3.8, 4) is 5.75 Å². The van der Waals surface area contributed by atoms with E-state index in [0.29, 0.717) is 5.69 Å². The molecule has 2 atom stereocenters. The summed E-state index contributed by atoms with van der Waals surface area (Å²) in [4.78, 5) is 24.6. The average Bonchev–Trinajstić information content (AvgIpc) is 2.60. The van der Waals surface area contributed by atoms with Crippen LogP contribution in [0.1, 0.15) is 36.4 Å². The van der Waals surface area contributed by atoms with Crippen molar-refractivity contribution in [2.24, 2.45) is 0 Å². The van der Waals surface area contributed by atoms with Crippen LogP contribution in [0.4, 0.5) is 5.69 Å². The largest absolute Gasteiger partial charge is 0.496 e. The summed E-state index contributed by atoms with van der Waals surface area (Å²) >= 11 is 0. The third kappa shape index (κ3) is 3.11. The van der Waals surface area contributed by atoms with Crippen molar-refractivity contribution in [3.63, 3.8) is 0 Å². The second-order valence-electron chi connectivity index (χ2n) is 5.86. The minimum atomic E-state index is -0.480. The molecule has 2 aromatic carbocycles. The molecule has 2 aromatic rings. The topological polar surface area (TPSA) is 67.4 Å². The highest BCUT2D eigenvalue weighted by atomic mass is 16.5. The van der Waals surface area contributed by atoms with Crippen LogP contribution in [0.25, 0.3) is 0 Å². The van der Waals surface area contributed by atoms with Crippen molar-refractivity contribution in [3.05, 3.63) is 59.7 Å². The fourth-order valence-corrected chi connectivity index (χ4v) is 3.06. The molecular weight excluding hydrogens is 304 g/mol. The molecule has 124 valence electrons. The molecule has 24 heavy (non-hydrogen) atoms. The molecule has 0 radical (unpaired) electrons. The van der Waals surface area contributed by atoms with Crippen LogP contribution in [0, 0.1) is 0 Å². The number of rotatable bonds is 4. The highest BCUT2D eigenvalue weighted by Crippen LogP contribution is 2.33. The van der Waals surface area contributed by atoms with E-state index >= 15 is 0 Å². The molecule has 1 aliphatic rings. The molecule has 1 heterocycles. The zero-order chi connectivity index (χ0) is 17.1. The van der Waals surface area contributed by atoms with Gasteiger partial charge in [0.1, 0.15) is 5.75 Å². The van der Waals surface area contributed by atoms with Crippen molar-refractivity contribution in [1.82, 2.24) is 5.32 Å². The maximum absolute atomic E-state index is 12.8. The Morgan fingerprint density at radius 2 is 1.92 bits per heavy atom. The summed E-state index contributed by atoms with van der Waals surface area (Å²) in [7, 11) is 1.61. The van der Waals surface area contributed by atoms with E-state index in [1.165, 1.54) is 0 Å². The molecule has 0 saturated heterocycles. The maximum atomic E-state index is 12.8. The van der Waals surface area contributed by atoms with Gasteiger partial charge in [-0.2, -0.15) is 0 Å². The van der Waals surface area contributed by atoms with Gasteiger partial charge in [-0.05, 0) is 24.6 Å². The van der Waals surface area contributed by atoms with Crippen LogP contribution in [-0.4, -0.2) is 18.9 Å². The van der Waals surface area contributed by atoms with E-state index < -0.39 is 5.92 Å². The third-order valence-electron chi connectivity index (χ3n) is 4.28. The van der Waals surface area contributed by atoms with Gasteiger partial charge in [-0.25, -0.2) is 0 Å². The lowest BCUT2D eigenvalue weighted by atomic mass is 9.89. The maximum Gasteiger partial charge on any atom is 0.228 e. The molecule has 0 saturated carbocycles. The molecule has 0 aliphatic carbocycles. The molecule has 3 rings (SSSR count). The molecule has 0 spiro atoms. The van der Waals surface area contributed by atoms with Gasteiger partial charge in [-0.15, -0.1) is 0 Å². The van der Waals surface area contributed by atoms with Gasteiger partial charge in [0, 0.05) is 17.7 Å². The summed E-state index contributed by atoms with van der Waals surface area (Å²) in [5, 5.41) is 5.81. The SMILES string of the molecule is COc1ccccc1C(C)NC(=O)C1CC(=O)Nc2ccccc21. The quantitative estimate of drug-likeness (QED) is 0.908. The van der Waals surface area contributed by atoms with Gasteiger partial charge in [-0.3, -0.25) is 9.59 Å². The van der Waals surface area contributed by atoms with Gasteiger partial charge < -0.3 is 15.4 Å². The van der Waals surface area contributed by atoms with E-state index in [1.807, 2.05) is 55.5 Å². The summed E-state index contributed by atoms with van der Waals surface area (Å²) < 4.78 is 5.35. The Hall–Kier alpha value is -2.82. The van der Waals surface area contributed by atoms with E-state index in [1.54, 1.807) is 7.11 Å². The van der Waals surface area contributed by atoms with Gasteiger partial charge in [0.25, 0.3) is 0 Å². The first-order valence-electron chi connectivity index (χ1n) is 7.92.